The van der Waals surface area contributed by atoms with Crippen LogP contribution in [-0.2, 0) is 10.0 Å². The molecule has 0 saturated carbocycles. The molecule has 0 bridgehead atoms. The Bertz CT molecular complexity index is 906. The van der Waals surface area contributed by atoms with Gasteiger partial charge in [0, 0.05) is 36.6 Å². The number of unbranched alkanes of at least 4 members (excludes halogenated alkanes) is 1. The smallest absolute Gasteiger partial charge is 0.243 e. The number of rotatable bonds is 7. The van der Waals surface area contributed by atoms with E-state index in [0.29, 0.717) is 35.8 Å². The van der Waals surface area contributed by atoms with Crippen LogP contribution >= 0.6 is 0 Å². The summed E-state index contributed by atoms with van der Waals surface area (Å²) in [6.07, 6.45) is 5.72. The third-order valence-electron chi connectivity index (χ3n) is 5.22. The molecule has 154 valence electrons. The predicted molar refractivity (Wildman–Crippen MR) is 112 cm³/mol. The summed E-state index contributed by atoms with van der Waals surface area (Å²) in [7, 11) is -3.58. The monoisotopic (exact) mass is 405 g/mol. The molecule has 2 heterocycles. The number of nitrogens with one attached hydrogen (secondary N) is 1. The second-order valence-corrected chi connectivity index (χ2v) is 9.41. The molecular weight excluding hydrogens is 374 g/mol. The molecule has 0 radical (unpaired) electrons. The van der Waals surface area contributed by atoms with Gasteiger partial charge in [0.05, 0.1) is 11.0 Å². The molecule has 1 fully saturated rings. The number of pyridine rings is 1. The van der Waals surface area contributed by atoms with Crippen molar-refractivity contribution in [3.63, 3.8) is 0 Å². The van der Waals surface area contributed by atoms with Crippen LogP contribution in [0.2, 0.25) is 0 Å². The summed E-state index contributed by atoms with van der Waals surface area (Å²) in [5.74, 6) is 0.513. The Morgan fingerprint density at radius 1 is 1.29 bits per heavy atom. The van der Waals surface area contributed by atoms with Gasteiger partial charge in [0.25, 0.3) is 0 Å². The molecule has 1 aliphatic heterocycles. The molecule has 0 amide bonds. The van der Waals surface area contributed by atoms with E-state index in [4.69, 9.17) is 4.74 Å². The molecule has 1 aliphatic rings. The molecular formula is C21H31N3O3S. The van der Waals surface area contributed by atoms with Gasteiger partial charge in [-0.05, 0) is 50.9 Å². The molecule has 1 aromatic heterocycles. The Hall–Kier alpha value is -1.70. The molecule has 1 unspecified atom stereocenters. The Balaban J connectivity index is 2.03. The van der Waals surface area contributed by atoms with E-state index < -0.39 is 10.0 Å². The molecule has 2 aromatic rings. The summed E-state index contributed by atoms with van der Waals surface area (Å²) in [5.41, 5.74) is 0.843. The van der Waals surface area contributed by atoms with E-state index in [1.54, 1.807) is 22.6 Å². The molecule has 28 heavy (non-hydrogen) atoms. The van der Waals surface area contributed by atoms with Crippen molar-refractivity contribution >= 4 is 20.8 Å². The normalized spacial score (nSPS) is 17.4. The lowest BCUT2D eigenvalue weighted by molar-refractivity contribution is 0.202. The quantitative estimate of drug-likeness (QED) is 0.763. The van der Waals surface area contributed by atoms with Gasteiger partial charge in [0.15, 0.2) is 0 Å². The fraction of sp³-hybridized carbons (Fsp3) is 0.571. The minimum Gasteiger partial charge on any atom is -0.474 e. The number of aromatic nitrogens is 1. The summed E-state index contributed by atoms with van der Waals surface area (Å²) in [6.45, 7) is 8.64. The van der Waals surface area contributed by atoms with Crippen LogP contribution in [0.15, 0.2) is 29.3 Å². The number of benzene rings is 1. The Labute approximate surface area is 168 Å². The number of fused-ring (bicyclic) bond motifs is 1. The lowest BCUT2D eigenvalue weighted by Gasteiger charge is -2.22. The number of nitrogens with zero attached hydrogens (tertiary/aromatic N) is 2. The SMILES string of the molecule is CCCCC(C)Oc1ncc(C)c2c(S(=O)(=O)N3CCCNCC3)cccc12. The molecule has 1 saturated heterocycles. The maximum Gasteiger partial charge on any atom is 0.243 e. The van der Waals surface area contributed by atoms with Crippen molar-refractivity contribution in [3.05, 3.63) is 30.0 Å². The van der Waals surface area contributed by atoms with Crippen molar-refractivity contribution in [1.82, 2.24) is 14.6 Å². The van der Waals surface area contributed by atoms with Gasteiger partial charge in [-0.3, -0.25) is 0 Å². The molecule has 7 heteroatoms. The zero-order valence-corrected chi connectivity index (χ0v) is 17.9. The molecule has 0 spiro atoms. The first-order valence-corrected chi connectivity index (χ1v) is 11.6. The van der Waals surface area contributed by atoms with E-state index in [-0.39, 0.29) is 6.10 Å². The average Bonchev–Trinajstić information content (AvgIpc) is 2.98. The topological polar surface area (TPSA) is 71.5 Å². The maximum atomic E-state index is 13.4. The lowest BCUT2D eigenvalue weighted by atomic mass is 10.1. The number of aryl methyl sites for hydroxylation is 1. The fourth-order valence-electron chi connectivity index (χ4n) is 3.66. The number of ether oxygens (including phenoxy) is 1. The van der Waals surface area contributed by atoms with E-state index in [0.717, 1.165) is 43.2 Å². The van der Waals surface area contributed by atoms with Crippen molar-refractivity contribution < 1.29 is 13.2 Å². The van der Waals surface area contributed by atoms with Crippen LogP contribution in [0, 0.1) is 6.92 Å². The number of sulfonamides is 1. The standard InChI is InChI=1S/C21H31N3O3S/c1-4-5-8-17(3)27-21-18-9-6-10-19(20(18)16(2)15-23-21)28(25,26)24-13-7-11-22-12-14-24/h6,9-10,15,17,22H,4-5,7-8,11-14H2,1-3H3. The molecule has 0 aliphatic carbocycles. The Kier molecular flexibility index (Phi) is 6.91. The van der Waals surface area contributed by atoms with Crippen LogP contribution in [0.3, 0.4) is 0 Å². The highest BCUT2D eigenvalue weighted by Gasteiger charge is 2.28. The van der Waals surface area contributed by atoms with Crippen LogP contribution in [0.1, 0.15) is 45.1 Å². The molecule has 1 aromatic carbocycles. The van der Waals surface area contributed by atoms with Crippen LogP contribution in [0.4, 0.5) is 0 Å². The van der Waals surface area contributed by atoms with Crippen molar-refractivity contribution in [1.29, 1.82) is 0 Å². The van der Waals surface area contributed by atoms with E-state index in [1.165, 1.54) is 0 Å². The molecule has 1 atom stereocenters. The van der Waals surface area contributed by atoms with Gasteiger partial charge in [0.1, 0.15) is 0 Å². The predicted octanol–water partition coefficient (Wildman–Crippen LogP) is 3.48. The second kappa shape index (κ2) is 9.20. The second-order valence-electron chi connectivity index (χ2n) is 7.50. The first kappa shape index (κ1) is 21.0. The van der Waals surface area contributed by atoms with Crippen LogP contribution in [0.5, 0.6) is 5.88 Å². The van der Waals surface area contributed by atoms with Gasteiger partial charge in [-0.25, -0.2) is 13.4 Å². The zero-order valence-electron chi connectivity index (χ0n) is 17.1. The third-order valence-corrected chi connectivity index (χ3v) is 7.16. The van der Waals surface area contributed by atoms with E-state index >= 15 is 0 Å². The highest BCUT2D eigenvalue weighted by Crippen LogP contribution is 2.33. The van der Waals surface area contributed by atoms with Crippen LogP contribution in [-0.4, -0.2) is 50.0 Å². The molecule has 1 N–H and O–H groups in total. The third kappa shape index (κ3) is 4.47. The van der Waals surface area contributed by atoms with E-state index in [9.17, 15) is 8.42 Å². The summed E-state index contributed by atoms with van der Waals surface area (Å²) in [4.78, 5) is 4.81. The van der Waals surface area contributed by atoms with Gasteiger partial charge in [-0.1, -0.05) is 25.8 Å². The minimum atomic E-state index is -3.58. The minimum absolute atomic E-state index is 0.0373. The summed E-state index contributed by atoms with van der Waals surface area (Å²) in [5, 5.41) is 4.74. The first-order chi connectivity index (χ1) is 13.4. The number of hydrogen-bond acceptors (Lipinski definition) is 5. The highest BCUT2D eigenvalue weighted by atomic mass is 32.2. The van der Waals surface area contributed by atoms with Gasteiger partial charge in [-0.15, -0.1) is 0 Å². The molecule has 6 nitrogen and oxygen atoms in total. The van der Waals surface area contributed by atoms with Gasteiger partial charge < -0.3 is 10.1 Å². The fourth-order valence-corrected chi connectivity index (χ4v) is 5.41. The summed E-state index contributed by atoms with van der Waals surface area (Å²) >= 11 is 0. The zero-order chi connectivity index (χ0) is 20.1. The van der Waals surface area contributed by atoms with Crippen molar-refractivity contribution in [2.45, 2.75) is 57.5 Å². The van der Waals surface area contributed by atoms with Gasteiger partial charge in [0.2, 0.25) is 15.9 Å². The largest absolute Gasteiger partial charge is 0.474 e. The summed E-state index contributed by atoms with van der Waals surface area (Å²) < 4.78 is 34.5. The maximum absolute atomic E-state index is 13.4. The Morgan fingerprint density at radius 3 is 2.89 bits per heavy atom. The van der Waals surface area contributed by atoms with Gasteiger partial charge in [-0.2, -0.15) is 4.31 Å². The first-order valence-electron chi connectivity index (χ1n) is 10.2. The van der Waals surface area contributed by atoms with Gasteiger partial charge >= 0.3 is 0 Å². The lowest BCUT2D eigenvalue weighted by Crippen LogP contribution is -2.34. The number of hydrogen-bond donors (Lipinski definition) is 1. The Morgan fingerprint density at radius 2 is 2.11 bits per heavy atom. The van der Waals surface area contributed by atoms with Crippen molar-refractivity contribution in [2.24, 2.45) is 0 Å². The van der Waals surface area contributed by atoms with Crippen molar-refractivity contribution in [2.75, 3.05) is 26.2 Å². The van der Waals surface area contributed by atoms with E-state index in [1.807, 2.05) is 19.9 Å². The van der Waals surface area contributed by atoms with Crippen LogP contribution in [0.25, 0.3) is 10.8 Å². The van der Waals surface area contributed by atoms with Crippen LogP contribution < -0.4 is 10.1 Å². The highest BCUT2D eigenvalue weighted by molar-refractivity contribution is 7.89. The average molecular weight is 406 g/mol. The van der Waals surface area contributed by atoms with E-state index in [2.05, 4.69) is 17.2 Å². The molecule has 3 rings (SSSR count). The van der Waals surface area contributed by atoms with Crippen molar-refractivity contribution in [3.8, 4) is 5.88 Å². The summed E-state index contributed by atoms with van der Waals surface area (Å²) in [6, 6.07) is 5.39.